The summed E-state index contributed by atoms with van der Waals surface area (Å²) >= 11 is 7.84. The van der Waals surface area contributed by atoms with E-state index >= 15 is 0 Å². The summed E-state index contributed by atoms with van der Waals surface area (Å²) in [7, 11) is 0. The van der Waals surface area contributed by atoms with Gasteiger partial charge in [0.2, 0.25) is 17.7 Å². The van der Waals surface area contributed by atoms with Gasteiger partial charge in [0.25, 0.3) is 0 Å². The highest BCUT2D eigenvalue weighted by atomic mass is 35.5. The lowest BCUT2D eigenvalue weighted by Crippen LogP contribution is -2.41. The summed E-state index contributed by atoms with van der Waals surface area (Å²) in [6.07, 6.45) is 0.748. The van der Waals surface area contributed by atoms with Gasteiger partial charge < -0.3 is 9.32 Å². The number of amides is 1. The fraction of sp³-hybridized carbons (Fsp3) is 0.286. The third kappa shape index (κ3) is 3.80. The van der Waals surface area contributed by atoms with Crippen LogP contribution in [-0.4, -0.2) is 32.3 Å². The third-order valence-corrected chi connectivity index (χ3v) is 6.34. The van der Waals surface area contributed by atoms with E-state index in [1.165, 1.54) is 10.5 Å². The molecular formula is C21H20ClN3O2S. The topological polar surface area (TPSA) is 59.2 Å². The van der Waals surface area contributed by atoms with Crippen molar-refractivity contribution in [2.75, 3.05) is 0 Å². The second-order valence-corrected chi connectivity index (χ2v) is 8.61. The summed E-state index contributed by atoms with van der Waals surface area (Å²) in [5.41, 5.74) is 1.92. The maximum atomic E-state index is 13.2. The van der Waals surface area contributed by atoms with Crippen molar-refractivity contribution in [3.63, 3.8) is 0 Å². The molecule has 2 aromatic carbocycles. The van der Waals surface area contributed by atoms with Crippen LogP contribution in [0, 0.1) is 0 Å². The third-order valence-electron chi connectivity index (χ3n) is 4.71. The first-order valence-corrected chi connectivity index (χ1v) is 10.4. The number of nitrogens with zero attached hydrogens (tertiary/aromatic N) is 3. The van der Waals surface area contributed by atoms with E-state index in [1.807, 2.05) is 44.2 Å². The quantitative estimate of drug-likeness (QED) is 0.598. The number of thioether (sulfide) groups is 1. The van der Waals surface area contributed by atoms with Gasteiger partial charge in [-0.3, -0.25) is 4.79 Å². The molecule has 7 heteroatoms. The zero-order chi connectivity index (χ0) is 19.7. The van der Waals surface area contributed by atoms with Gasteiger partial charge in [0.1, 0.15) is 0 Å². The molecule has 0 saturated carbocycles. The van der Waals surface area contributed by atoms with Gasteiger partial charge in [0.15, 0.2) is 0 Å². The van der Waals surface area contributed by atoms with Gasteiger partial charge in [-0.05, 0) is 44.0 Å². The van der Waals surface area contributed by atoms with E-state index in [2.05, 4.69) is 22.3 Å². The van der Waals surface area contributed by atoms with Gasteiger partial charge in [-0.1, -0.05) is 41.9 Å². The SMILES string of the molecule is CC(C)N(Cc1nnc(-c2ccccc2Cl)o1)C(=O)C1Cc2ccccc2S1. The van der Waals surface area contributed by atoms with Crippen LogP contribution in [0.4, 0.5) is 0 Å². The first kappa shape index (κ1) is 19.0. The summed E-state index contributed by atoms with van der Waals surface area (Å²) in [5.74, 6) is 0.852. The number of carbonyl (C=O) groups is 1. The van der Waals surface area contributed by atoms with Gasteiger partial charge in [-0.2, -0.15) is 0 Å². The van der Waals surface area contributed by atoms with Crippen molar-refractivity contribution in [1.29, 1.82) is 0 Å². The van der Waals surface area contributed by atoms with Gasteiger partial charge >= 0.3 is 0 Å². The monoisotopic (exact) mass is 413 g/mol. The van der Waals surface area contributed by atoms with E-state index in [-0.39, 0.29) is 23.7 Å². The minimum atomic E-state index is -0.120. The molecule has 0 aliphatic carbocycles. The van der Waals surface area contributed by atoms with Gasteiger partial charge in [0, 0.05) is 10.9 Å². The molecule has 1 amide bonds. The highest BCUT2D eigenvalue weighted by Gasteiger charge is 2.33. The molecule has 144 valence electrons. The van der Waals surface area contributed by atoms with Crippen molar-refractivity contribution in [3.8, 4) is 11.5 Å². The molecule has 28 heavy (non-hydrogen) atoms. The average Bonchev–Trinajstić information content (AvgIpc) is 3.32. The predicted molar refractivity (Wildman–Crippen MR) is 110 cm³/mol. The lowest BCUT2D eigenvalue weighted by atomic mass is 10.1. The maximum Gasteiger partial charge on any atom is 0.249 e. The minimum absolute atomic E-state index is 0.0208. The van der Waals surface area contributed by atoms with Crippen LogP contribution in [0.15, 0.2) is 57.8 Å². The number of carbonyl (C=O) groups excluding carboxylic acids is 1. The van der Waals surface area contributed by atoms with E-state index in [0.717, 1.165) is 6.42 Å². The number of fused-ring (bicyclic) bond motifs is 1. The fourth-order valence-corrected chi connectivity index (χ4v) is 4.71. The first-order valence-electron chi connectivity index (χ1n) is 9.15. The number of hydrogen-bond donors (Lipinski definition) is 0. The first-order chi connectivity index (χ1) is 13.5. The van der Waals surface area contributed by atoms with Crippen LogP contribution in [0.1, 0.15) is 25.3 Å². The number of rotatable bonds is 5. The normalized spacial score (nSPS) is 15.6. The van der Waals surface area contributed by atoms with Crippen LogP contribution in [0.3, 0.4) is 0 Å². The number of aromatic nitrogens is 2. The van der Waals surface area contributed by atoms with Crippen molar-refractivity contribution in [2.24, 2.45) is 0 Å². The molecule has 1 unspecified atom stereocenters. The van der Waals surface area contributed by atoms with E-state index in [1.54, 1.807) is 22.7 Å². The van der Waals surface area contributed by atoms with Crippen LogP contribution >= 0.6 is 23.4 Å². The molecule has 1 aliphatic rings. The minimum Gasteiger partial charge on any atom is -0.419 e. The van der Waals surface area contributed by atoms with Crippen LogP contribution in [0.2, 0.25) is 5.02 Å². The maximum absolute atomic E-state index is 13.2. The molecule has 0 radical (unpaired) electrons. The fourth-order valence-electron chi connectivity index (χ4n) is 3.23. The highest BCUT2D eigenvalue weighted by molar-refractivity contribution is 8.01. The van der Waals surface area contributed by atoms with Crippen molar-refractivity contribution in [1.82, 2.24) is 15.1 Å². The Kier molecular flexibility index (Phi) is 5.42. The predicted octanol–water partition coefficient (Wildman–Crippen LogP) is 4.84. The Labute approximate surface area is 173 Å². The Morgan fingerprint density at radius 2 is 1.96 bits per heavy atom. The Morgan fingerprint density at radius 3 is 2.71 bits per heavy atom. The molecule has 1 aliphatic heterocycles. The highest BCUT2D eigenvalue weighted by Crippen LogP contribution is 2.38. The lowest BCUT2D eigenvalue weighted by Gasteiger charge is -2.27. The molecule has 1 aromatic heterocycles. The largest absolute Gasteiger partial charge is 0.419 e. The van der Waals surface area contributed by atoms with E-state index in [0.29, 0.717) is 22.4 Å². The van der Waals surface area contributed by atoms with Crippen molar-refractivity contribution in [2.45, 2.75) is 43.0 Å². The molecule has 2 heterocycles. The summed E-state index contributed by atoms with van der Waals surface area (Å²) in [6.45, 7) is 4.27. The zero-order valence-corrected chi connectivity index (χ0v) is 17.2. The van der Waals surface area contributed by atoms with E-state index < -0.39 is 0 Å². The lowest BCUT2D eigenvalue weighted by molar-refractivity contribution is -0.133. The molecule has 0 N–H and O–H groups in total. The molecule has 0 fully saturated rings. The Balaban J connectivity index is 1.51. The van der Waals surface area contributed by atoms with Crippen LogP contribution in [0.25, 0.3) is 11.5 Å². The van der Waals surface area contributed by atoms with Crippen molar-refractivity contribution < 1.29 is 9.21 Å². The number of hydrogen-bond acceptors (Lipinski definition) is 5. The van der Waals surface area contributed by atoms with Crippen LogP contribution in [0.5, 0.6) is 0 Å². The Bertz CT molecular complexity index is 980. The molecule has 0 saturated heterocycles. The Morgan fingerprint density at radius 1 is 1.21 bits per heavy atom. The van der Waals surface area contributed by atoms with Gasteiger partial charge in [-0.25, -0.2) is 0 Å². The molecule has 1 atom stereocenters. The smallest absolute Gasteiger partial charge is 0.249 e. The molecule has 3 aromatic rings. The second kappa shape index (κ2) is 7.97. The van der Waals surface area contributed by atoms with Crippen LogP contribution < -0.4 is 0 Å². The molecular weight excluding hydrogens is 394 g/mol. The summed E-state index contributed by atoms with van der Waals surface area (Å²) < 4.78 is 5.80. The van der Waals surface area contributed by atoms with Crippen LogP contribution in [-0.2, 0) is 17.8 Å². The van der Waals surface area contributed by atoms with Crippen molar-refractivity contribution in [3.05, 3.63) is 65.0 Å². The second-order valence-electron chi connectivity index (χ2n) is 6.96. The summed E-state index contributed by atoms with van der Waals surface area (Å²) in [5, 5.41) is 8.66. The van der Waals surface area contributed by atoms with E-state index in [4.69, 9.17) is 16.0 Å². The standard InChI is InChI=1S/C21H20ClN3O2S/c1-13(2)25(21(26)18-11-14-7-3-6-10-17(14)28-18)12-19-23-24-20(27-19)15-8-4-5-9-16(15)22/h3-10,13,18H,11-12H2,1-2H3. The average molecular weight is 414 g/mol. The molecule has 5 nitrogen and oxygen atoms in total. The van der Waals surface area contributed by atoms with Gasteiger partial charge in [-0.15, -0.1) is 22.0 Å². The number of benzene rings is 2. The number of halogens is 1. The molecule has 0 spiro atoms. The zero-order valence-electron chi connectivity index (χ0n) is 15.6. The van der Waals surface area contributed by atoms with Gasteiger partial charge in [0.05, 0.1) is 22.4 Å². The Hall–Kier alpha value is -2.31. The summed E-state index contributed by atoms with van der Waals surface area (Å²) in [6, 6.07) is 15.5. The molecule has 4 rings (SSSR count). The summed E-state index contributed by atoms with van der Waals surface area (Å²) in [4.78, 5) is 16.2. The van der Waals surface area contributed by atoms with E-state index in [9.17, 15) is 4.79 Å². The molecule has 0 bridgehead atoms. The van der Waals surface area contributed by atoms with Crippen molar-refractivity contribution >= 4 is 29.3 Å².